The highest BCUT2D eigenvalue weighted by Crippen LogP contribution is 2.41. The molecule has 0 radical (unpaired) electrons. The Morgan fingerprint density at radius 1 is 1.26 bits per heavy atom. The van der Waals surface area contributed by atoms with Crippen LogP contribution in [-0.4, -0.2) is 38.4 Å². The Morgan fingerprint density at radius 2 is 2.00 bits per heavy atom. The van der Waals surface area contributed by atoms with Gasteiger partial charge in [0.05, 0.1) is 18.3 Å². The number of carbonyl (C=O) groups is 1. The van der Waals surface area contributed by atoms with E-state index in [1.54, 1.807) is 6.92 Å². The number of hydrogen-bond donors (Lipinski definition) is 0. The van der Waals surface area contributed by atoms with Crippen LogP contribution in [0.25, 0.3) is 0 Å². The van der Waals surface area contributed by atoms with Crippen LogP contribution in [0.5, 0.6) is 0 Å². The van der Waals surface area contributed by atoms with Crippen molar-refractivity contribution in [2.45, 2.75) is 19.6 Å². The lowest BCUT2D eigenvalue weighted by Crippen LogP contribution is -2.37. The van der Waals surface area contributed by atoms with Crippen LogP contribution < -0.4 is 0 Å². The summed E-state index contributed by atoms with van der Waals surface area (Å²) in [6.45, 7) is 4.36. The van der Waals surface area contributed by atoms with Gasteiger partial charge < -0.3 is 4.74 Å². The Balaban J connectivity index is 1.79. The average Bonchev–Trinajstić information content (AvgIpc) is 3.02. The first-order valence-electron chi connectivity index (χ1n) is 8.99. The number of halogens is 2. The van der Waals surface area contributed by atoms with Gasteiger partial charge in [0.25, 0.3) is 0 Å². The van der Waals surface area contributed by atoms with Crippen molar-refractivity contribution in [1.29, 1.82) is 0 Å². The second-order valence-electron chi connectivity index (χ2n) is 7.16. The topological polar surface area (TPSA) is 63.7 Å². The summed E-state index contributed by atoms with van der Waals surface area (Å²) in [5, 5.41) is 0. The van der Waals surface area contributed by atoms with Crippen LogP contribution >= 0.6 is 0 Å². The highest BCUT2D eigenvalue weighted by atomic mass is 32.2. The number of benzene rings is 1. The van der Waals surface area contributed by atoms with Gasteiger partial charge >= 0.3 is 5.97 Å². The quantitative estimate of drug-likeness (QED) is 0.564. The maximum atomic E-state index is 13.9. The van der Waals surface area contributed by atoms with E-state index in [9.17, 15) is 22.0 Å². The summed E-state index contributed by atoms with van der Waals surface area (Å²) in [7, 11) is -3.80. The number of carbonyl (C=O) groups excluding carboxylic acids is 1. The first-order chi connectivity index (χ1) is 12.7. The number of ether oxygens (including phenoxy) is 1. The molecule has 1 heterocycles. The van der Waals surface area contributed by atoms with E-state index in [4.69, 9.17) is 4.74 Å². The van der Waals surface area contributed by atoms with E-state index >= 15 is 0 Å². The van der Waals surface area contributed by atoms with E-state index in [-0.39, 0.29) is 49.0 Å². The molecule has 1 aromatic rings. The third-order valence-electron chi connectivity index (χ3n) is 5.37. The standard InChI is InChI=1S/C19H23F2NO4S/c1-3-26-19(23)18-12(2)4-5-13-9-22(10-16(13)18)27(24,25)11-14-6-7-15(20)8-17(14)21/h4-8,12-13,16,18H,3,9-11H2,1-2H3/t12-,13-,16-,18-/m0/s1. The lowest BCUT2D eigenvalue weighted by atomic mass is 9.73. The molecule has 1 saturated heterocycles. The molecular formula is C19H23F2NO4S. The molecule has 148 valence electrons. The van der Waals surface area contributed by atoms with Gasteiger partial charge in [-0.05, 0) is 30.7 Å². The van der Waals surface area contributed by atoms with Crippen LogP contribution in [0.1, 0.15) is 19.4 Å². The van der Waals surface area contributed by atoms with Gasteiger partial charge in [-0.2, -0.15) is 0 Å². The summed E-state index contributed by atoms with van der Waals surface area (Å²) in [6, 6.07) is 2.86. The van der Waals surface area contributed by atoms with Crippen molar-refractivity contribution in [1.82, 2.24) is 4.31 Å². The lowest BCUT2D eigenvalue weighted by molar-refractivity contribution is -0.152. The summed E-state index contributed by atoms with van der Waals surface area (Å²) >= 11 is 0. The van der Waals surface area contributed by atoms with Crippen molar-refractivity contribution in [3.63, 3.8) is 0 Å². The van der Waals surface area contributed by atoms with Crippen molar-refractivity contribution in [2.75, 3.05) is 19.7 Å². The molecule has 1 aromatic carbocycles. The minimum Gasteiger partial charge on any atom is -0.466 e. The monoisotopic (exact) mass is 399 g/mol. The normalized spacial score (nSPS) is 28.1. The van der Waals surface area contributed by atoms with E-state index in [0.29, 0.717) is 6.07 Å². The third-order valence-corrected chi connectivity index (χ3v) is 7.13. The van der Waals surface area contributed by atoms with Crippen LogP contribution in [0.4, 0.5) is 8.78 Å². The molecule has 0 bridgehead atoms. The zero-order valence-corrected chi connectivity index (χ0v) is 16.1. The SMILES string of the molecule is CCOC(=O)[C@@H]1[C@H]2CN(S(=O)(=O)Cc3ccc(F)cc3F)C[C@@H]2C=C[C@@H]1C. The number of allylic oxidation sites excluding steroid dienone is 1. The Morgan fingerprint density at radius 3 is 2.67 bits per heavy atom. The number of sulfonamides is 1. The van der Waals surface area contributed by atoms with E-state index in [1.807, 2.05) is 19.1 Å². The van der Waals surface area contributed by atoms with Crippen molar-refractivity contribution < 1.29 is 26.7 Å². The van der Waals surface area contributed by atoms with E-state index in [2.05, 4.69) is 0 Å². The first-order valence-corrected chi connectivity index (χ1v) is 10.6. The zero-order valence-electron chi connectivity index (χ0n) is 15.3. The van der Waals surface area contributed by atoms with Crippen LogP contribution in [0.15, 0.2) is 30.4 Å². The van der Waals surface area contributed by atoms with Crippen LogP contribution in [0.2, 0.25) is 0 Å². The predicted octanol–water partition coefficient (Wildman–Crippen LogP) is 2.73. The van der Waals surface area contributed by atoms with E-state index in [1.165, 1.54) is 4.31 Å². The maximum absolute atomic E-state index is 13.9. The van der Waals surface area contributed by atoms with Gasteiger partial charge in [-0.25, -0.2) is 21.5 Å². The molecule has 1 fully saturated rings. The Bertz CT molecular complexity index is 855. The molecule has 1 aliphatic heterocycles. The van der Waals surface area contributed by atoms with Gasteiger partial charge in [-0.3, -0.25) is 4.79 Å². The molecule has 0 saturated carbocycles. The predicted molar refractivity (Wildman–Crippen MR) is 96.0 cm³/mol. The molecule has 27 heavy (non-hydrogen) atoms. The lowest BCUT2D eigenvalue weighted by Gasteiger charge is -2.32. The second-order valence-corrected chi connectivity index (χ2v) is 9.13. The molecule has 0 aromatic heterocycles. The second kappa shape index (κ2) is 7.67. The highest BCUT2D eigenvalue weighted by Gasteiger charge is 2.47. The summed E-state index contributed by atoms with van der Waals surface area (Å²) in [4.78, 5) is 12.4. The van der Waals surface area contributed by atoms with Gasteiger partial charge in [-0.1, -0.05) is 25.1 Å². The smallest absolute Gasteiger partial charge is 0.309 e. The summed E-state index contributed by atoms with van der Waals surface area (Å²) in [5.41, 5.74) is -0.0721. The maximum Gasteiger partial charge on any atom is 0.309 e. The van der Waals surface area contributed by atoms with Gasteiger partial charge in [0.15, 0.2) is 0 Å². The molecule has 2 aliphatic rings. The van der Waals surface area contributed by atoms with Crippen LogP contribution in [0.3, 0.4) is 0 Å². The number of rotatable bonds is 5. The summed E-state index contributed by atoms with van der Waals surface area (Å²) in [5.74, 6) is -3.17. The zero-order chi connectivity index (χ0) is 19.8. The van der Waals surface area contributed by atoms with Crippen LogP contribution in [0, 0.1) is 35.3 Å². The van der Waals surface area contributed by atoms with Crippen molar-refractivity contribution in [2.24, 2.45) is 23.7 Å². The van der Waals surface area contributed by atoms with Gasteiger partial charge in [-0.15, -0.1) is 0 Å². The molecule has 0 N–H and O–H groups in total. The Kier molecular flexibility index (Phi) is 5.67. The van der Waals surface area contributed by atoms with E-state index in [0.717, 1.165) is 12.1 Å². The van der Waals surface area contributed by atoms with Crippen LogP contribution in [-0.2, 0) is 25.3 Å². The minimum atomic E-state index is -3.80. The van der Waals surface area contributed by atoms with Crippen molar-refractivity contribution in [3.05, 3.63) is 47.5 Å². The minimum absolute atomic E-state index is 0.0394. The first kappa shape index (κ1) is 19.9. The highest BCUT2D eigenvalue weighted by molar-refractivity contribution is 7.88. The fourth-order valence-electron chi connectivity index (χ4n) is 4.01. The number of esters is 1. The number of hydrogen-bond acceptors (Lipinski definition) is 4. The molecule has 4 atom stereocenters. The third kappa shape index (κ3) is 4.06. The Hall–Kier alpha value is -1.80. The van der Waals surface area contributed by atoms with Gasteiger partial charge in [0.2, 0.25) is 10.0 Å². The van der Waals surface area contributed by atoms with Gasteiger partial charge in [0.1, 0.15) is 11.6 Å². The molecule has 5 nitrogen and oxygen atoms in total. The molecule has 1 aliphatic carbocycles. The molecule has 0 amide bonds. The van der Waals surface area contributed by atoms with Crippen molar-refractivity contribution in [3.8, 4) is 0 Å². The molecular weight excluding hydrogens is 376 g/mol. The van der Waals surface area contributed by atoms with Crippen molar-refractivity contribution >= 4 is 16.0 Å². The molecule has 0 unspecified atom stereocenters. The molecule has 3 rings (SSSR count). The fourth-order valence-corrected chi connectivity index (χ4v) is 5.62. The Labute approximate surface area is 158 Å². The summed E-state index contributed by atoms with van der Waals surface area (Å²) < 4.78 is 59.0. The number of nitrogens with zero attached hydrogens (tertiary/aromatic N) is 1. The number of fused-ring (bicyclic) bond motifs is 1. The van der Waals surface area contributed by atoms with Gasteiger partial charge in [0, 0.05) is 24.7 Å². The largest absolute Gasteiger partial charge is 0.466 e. The fraction of sp³-hybridized carbons (Fsp3) is 0.526. The molecule has 0 spiro atoms. The van der Waals surface area contributed by atoms with E-state index < -0.39 is 33.3 Å². The summed E-state index contributed by atoms with van der Waals surface area (Å²) in [6.07, 6.45) is 3.89. The molecule has 8 heteroatoms. The average molecular weight is 399 g/mol.